The minimum absolute atomic E-state index is 0.194. The molecule has 0 aromatic heterocycles. The van der Waals surface area contributed by atoms with E-state index in [0.717, 1.165) is 12.8 Å². The van der Waals surface area contributed by atoms with Gasteiger partial charge in [-0.05, 0) is 12.8 Å². The SMILES string of the molecule is C=CCC1[C@H](Br)N1OC(=N)C(C)CC. The Bertz CT molecular complexity index is 232. The molecule has 1 fully saturated rings. The van der Waals surface area contributed by atoms with Crippen LogP contribution in [0.4, 0.5) is 0 Å². The minimum Gasteiger partial charge on any atom is -0.389 e. The third-order valence-electron chi connectivity index (χ3n) is 2.47. The van der Waals surface area contributed by atoms with Crippen LogP contribution in [-0.4, -0.2) is 22.0 Å². The van der Waals surface area contributed by atoms with E-state index in [-0.39, 0.29) is 10.9 Å². The maximum atomic E-state index is 7.67. The largest absolute Gasteiger partial charge is 0.389 e. The maximum Gasteiger partial charge on any atom is 0.209 e. The van der Waals surface area contributed by atoms with Crippen molar-refractivity contribution in [3.05, 3.63) is 12.7 Å². The fraction of sp³-hybridized carbons (Fsp3) is 0.700. The Balaban J connectivity index is 2.33. The lowest BCUT2D eigenvalue weighted by atomic mass is 10.1. The third kappa shape index (κ3) is 2.58. The molecule has 0 saturated carbocycles. The number of halogens is 1. The zero-order valence-corrected chi connectivity index (χ0v) is 10.3. The second-order valence-corrected chi connectivity index (χ2v) is 4.53. The average molecular weight is 261 g/mol. The van der Waals surface area contributed by atoms with Crippen LogP contribution in [0.5, 0.6) is 0 Å². The lowest BCUT2D eigenvalue weighted by molar-refractivity contribution is 0.0238. The lowest BCUT2D eigenvalue weighted by Gasteiger charge is -2.12. The van der Waals surface area contributed by atoms with Crippen LogP contribution in [0.25, 0.3) is 0 Å². The summed E-state index contributed by atoms with van der Waals surface area (Å²) in [7, 11) is 0. The molecule has 1 heterocycles. The summed E-state index contributed by atoms with van der Waals surface area (Å²) < 4.78 is 0. The minimum atomic E-state index is 0.194. The summed E-state index contributed by atoms with van der Waals surface area (Å²) in [5.41, 5.74) is 0. The molecule has 0 bridgehead atoms. The molecule has 80 valence electrons. The van der Waals surface area contributed by atoms with Crippen LogP contribution in [0.1, 0.15) is 26.7 Å². The molecule has 3 nitrogen and oxygen atoms in total. The highest BCUT2D eigenvalue weighted by Gasteiger charge is 2.48. The molecular formula is C10H17BrN2O. The van der Waals surface area contributed by atoms with Gasteiger partial charge in [0.25, 0.3) is 0 Å². The highest BCUT2D eigenvalue weighted by molar-refractivity contribution is 9.09. The van der Waals surface area contributed by atoms with Crippen molar-refractivity contribution in [1.82, 2.24) is 5.06 Å². The Labute approximate surface area is 93.7 Å². The van der Waals surface area contributed by atoms with Gasteiger partial charge >= 0.3 is 0 Å². The quantitative estimate of drug-likeness (QED) is 0.206. The van der Waals surface area contributed by atoms with Crippen LogP contribution in [0, 0.1) is 11.3 Å². The normalized spacial score (nSPS) is 32.1. The van der Waals surface area contributed by atoms with E-state index >= 15 is 0 Å². The van der Waals surface area contributed by atoms with Crippen LogP contribution < -0.4 is 0 Å². The van der Waals surface area contributed by atoms with Gasteiger partial charge in [0, 0.05) is 5.92 Å². The second kappa shape index (κ2) is 4.94. The van der Waals surface area contributed by atoms with Gasteiger partial charge < -0.3 is 4.84 Å². The van der Waals surface area contributed by atoms with E-state index in [1.54, 1.807) is 5.06 Å². The van der Waals surface area contributed by atoms with Gasteiger partial charge in [-0.2, -0.15) is 0 Å². The van der Waals surface area contributed by atoms with E-state index in [4.69, 9.17) is 10.2 Å². The summed E-state index contributed by atoms with van der Waals surface area (Å²) in [6, 6.07) is 0.344. The molecule has 4 heteroatoms. The third-order valence-corrected chi connectivity index (χ3v) is 3.48. The number of alkyl halides is 1. The lowest BCUT2D eigenvalue weighted by Crippen LogP contribution is -2.18. The van der Waals surface area contributed by atoms with Crippen LogP contribution in [0.2, 0.25) is 0 Å². The van der Waals surface area contributed by atoms with Crippen molar-refractivity contribution in [3.8, 4) is 0 Å². The standard InChI is InChI=1S/C10H17BrN2O/c1-4-6-8-9(11)13(8)14-10(12)7(3)5-2/h4,7-9,12H,1,5-6H2,2-3H3/t7?,8?,9-,13?/m1/s1. The molecule has 1 saturated heterocycles. The van der Waals surface area contributed by atoms with Crippen molar-refractivity contribution in [3.63, 3.8) is 0 Å². The molecule has 1 aliphatic heterocycles. The summed E-state index contributed by atoms with van der Waals surface area (Å²) in [6.45, 7) is 7.73. The van der Waals surface area contributed by atoms with E-state index in [2.05, 4.69) is 29.4 Å². The van der Waals surface area contributed by atoms with Crippen molar-refractivity contribution < 1.29 is 4.84 Å². The van der Waals surface area contributed by atoms with Gasteiger partial charge in [0.15, 0.2) is 0 Å². The molecule has 1 N–H and O–H groups in total. The van der Waals surface area contributed by atoms with E-state index in [9.17, 15) is 0 Å². The predicted octanol–water partition coefficient (Wildman–Crippen LogP) is 2.92. The molecule has 0 radical (unpaired) electrons. The van der Waals surface area contributed by atoms with Gasteiger partial charge in [-0.25, -0.2) is 0 Å². The molecule has 4 atom stereocenters. The zero-order chi connectivity index (χ0) is 10.7. The van der Waals surface area contributed by atoms with Crippen molar-refractivity contribution in [1.29, 1.82) is 5.41 Å². The van der Waals surface area contributed by atoms with Crippen molar-refractivity contribution in [2.45, 2.75) is 37.7 Å². The summed E-state index contributed by atoms with van der Waals surface area (Å²) in [4.78, 5) is 5.65. The first kappa shape index (κ1) is 11.7. The first-order chi connectivity index (χ1) is 6.61. The number of rotatable bonds is 5. The fourth-order valence-electron chi connectivity index (χ4n) is 1.12. The number of hydrogen-bond acceptors (Lipinski definition) is 3. The van der Waals surface area contributed by atoms with Gasteiger partial charge in [0.1, 0.15) is 4.95 Å². The molecule has 1 aliphatic rings. The summed E-state index contributed by atoms with van der Waals surface area (Å²) in [6.07, 6.45) is 3.70. The molecule has 0 aliphatic carbocycles. The smallest absolute Gasteiger partial charge is 0.209 e. The number of nitrogens with zero attached hydrogens (tertiary/aromatic N) is 1. The molecule has 0 spiro atoms. The molecule has 1 rings (SSSR count). The monoisotopic (exact) mass is 260 g/mol. The van der Waals surface area contributed by atoms with Crippen molar-refractivity contribution >= 4 is 21.8 Å². The van der Waals surface area contributed by atoms with Crippen LogP contribution in [0.15, 0.2) is 12.7 Å². The fourth-order valence-corrected chi connectivity index (χ4v) is 1.82. The summed E-state index contributed by atoms with van der Waals surface area (Å²) >= 11 is 3.47. The van der Waals surface area contributed by atoms with Gasteiger partial charge in [0.05, 0.1) is 6.04 Å². The van der Waals surface area contributed by atoms with E-state index in [0.29, 0.717) is 11.9 Å². The topological polar surface area (TPSA) is 36.1 Å². The van der Waals surface area contributed by atoms with E-state index in [1.807, 2.05) is 13.0 Å². The van der Waals surface area contributed by atoms with Gasteiger partial charge in [0.2, 0.25) is 5.90 Å². The molecule has 0 aromatic carbocycles. The Morgan fingerprint density at radius 1 is 1.79 bits per heavy atom. The van der Waals surface area contributed by atoms with Gasteiger partial charge in [-0.15, -0.1) is 11.6 Å². The Morgan fingerprint density at radius 2 is 2.43 bits per heavy atom. The van der Waals surface area contributed by atoms with Crippen LogP contribution >= 0.6 is 15.9 Å². The molecular weight excluding hydrogens is 244 g/mol. The van der Waals surface area contributed by atoms with Crippen LogP contribution in [0.3, 0.4) is 0 Å². The Kier molecular flexibility index (Phi) is 4.13. The second-order valence-electron chi connectivity index (χ2n) is 3.59. The number of hydrogen-bond donors (Lipinski definition) is 1. The van der Waals surface area contributed by atoms with Gasteiger partial charge in [-0.1, -0.05) is 35.9 Å². The van der Waals surface area contributed by atoms with E-state index < -0.39 is 0 Å². The zero-order valence-electron chi connectivity index (χ0n) is 8.66. The maximum absolute atomic E-state index is 7.67. The van der Waals surface area contributed by atoms with Crippen LogP contribution in [-0.2, 0) is 4.84 Å². The molecule has 3 unspecified atom stereocenters. The predicted molar refractivity (Wildman–Crippen MR) is 61.4 cm³/mol. The van der Waals surface area contributed by atoms with Gasteiger partial charge in [-0.3, -0.25) is 5.41 Å². The molecule has 0 amide bonds. The van der Waals surface area contributed by atoms with Crippen molar-refractivity contribution in [2.75, 3.05) is 0 Å². The number of nitrogens with one attached hydrogen (secondary N) is 1. The summed E-state index contributed by atoms with van der Waals surface area (Å²) in [5.74, 6) is 0.545. The first-order valence-corrected chi connectivity index (χ1v) is 5.83. The summed E-state index contributed by atoms with van der Waals surface area (Å²) in [5, 5.41) is 9.47. The highest BCUT2D eigenvalue weighted by atomic mass is 79.9. The average Bonchev–Trinajstić information content (AvgIpc) is 2.76. The Morgan fingerprint density at radius 3 is 2.93 bits per heavy atom. The number of hydroxylamine groups is 2. The molecule has 14 heavy (non-hydrogen) atoms. The van der Waals surface area contributed by atoms with Crippen molar-refractivity contribution in [2.24, 2.45) is 5.92 Å². The first-order valence-electron chi connectivity index (χ1n) is 4.91. The highest BCUT2D eigenvalue weighted by Crippen LogP contribution is 2.36. The molecule has 0 aromatic rings. The van der Waals surface area contributed by atoms with E-state index in [1.165, 1.54) is 0 Å². The Hall–Kier alpha value is -0.350.